The Labute approximate surface area is 159 Å². The fourth-order valence-corrected chi connectivity index (χ4v) is 3.83. The molecule has 2 atom stereocenters. The Kier molecular flexibility index (Phi) is 4.84. The van der Waals surface area contributed by atoms with E-state index in [9.17, 15) is 9.59 Å². The molecule has 134 valence electrons. The lowest BCUT2D eigenvalue weighted by molar-refractivity contribution is -0.138. The lowest BCUT2D eigenvalue weighted by Crippen LogP contribution is -2.32. The molecular formula is C24H21NO2. The van der Waals surface area contributed by atoms with Crippen LogP contribution in [0.4, 0.5) is 0 Å². The van der Waals surface area contributed by atoms with Crippen molar-refractivity contribution in [2.24, 2.45) is 0 Å². The van der Waals surface area contributed by atoms with Gasteiger partial charge in [-0.15, -0.1) is 0 Å². The van der Waals surface area contributed by atoms with E-state index in [1.54, 1.807) is 0 Å². The molecule has 4 rings (SSSR count). The minimum atomic E-state index is -0.461. The van der Waals surface area contributed by atoms with E-state index in [4.69, 9.17) is 0 Å². The Hall–Kier alpha value is -3.20. The van der Waals surface area contributed by atoms with Crippen molar-refractivity contribution in [1.82, 2.24) is 4.90 Å². The second kappa shape index (κ2) is 7.58. The van der Waals surface area contributed by atoms with Gasteiger partial charge in [-0.2, -0.15) is 0 Å². The van der Waals surface area contributed by atoms with Crippen LogP contribution in [0.2, 0.25) is 0 Å². The highest BCUT2D eigenvalue weighted by molar-refractivity contribution is 6.10. The van der Waals surface area contributed by atoms with Crippen molar-refractivity contribution in [3.05, 3.63) is 108 Å². The van der Waals surface area contributed by atoms with E-state index in [2.05, 4.69) is 0 Å². The van der Waals surface area contributed by atoms with Crippen molar-refractivity contribution < 1.29 is 9.59 Å². The molecule has 1 heterocycles. The maximum atomic E-state index is 13.2. The van der Waals surface area contributed by atoms with Gasteiger partial charge in [-0.05, 0) is 23.1 Å². The predicted molar refractivity (Wildman–Crippen MR) is 105 cm³/mol. The molecule has 0 N–H and O–H groups in total. The van der Waals surface area contributed by atoms with Crippen molar-refractivity contribution in [2.75, 3.05) is 6.54 Å². The van der Waals surface area contributed by atoms with Crippen LogP contribution in [0.25, 0.3) is 0 Å². The number of amides is 2. The molecule has 0 radical (unpaired) electrons. The Morgan fingerprint density at radius 2 is 1.00 bits per heavy atom. The lowest BCUT2D eigenvalue weighted by Gasteiger charge is -2.15. The summed E-state index contributed by atoms with van der Waals surface area (Å²) < 4.78 is 0. The van der Waals surface area contributed by atoms with Gasteiger partial charge in [0.25, 0.3) is 0 Å². The first-order valence-electron chi connectivity index (χ1n) is 9.25. The van der Waals surface area contributed by atoms with Gasteiger partial charge < -0.3 is 0 Å². The average molecular weight is 355 g/mol. The largest absolute Gasteiger partial charge is 0.281 e. The molecule has 1 aliphatic heterocycles. The molecule has 0 bridgehead atoms. The summed E-state index contributed by atoms with van der Waals surface area (Å²) in [5.74, 6) is -1.12. The van der Waals surface area contributed by atoms with Gasteiger partial charge in [-0.25, -0.2) is 0 Å². The van der Waals surface area contributed by atoms with E-state index in [0.717, 1.165) is 16.7 Å². The van der Waals surface area contributed by atoms with E-state index in [1.165, 1.54) is 4.90 Å². The molecule has 1 fully saturated rings. The molecule has 3 aromatic rings. The SMILES string of the molecule is O=C1[C@H](c2ccccc2)[C@@H](c2ccccc2)C(=O)N1CCc1ccccc1. The summed E-state index contributed by atoms with van der Waals surface area (Å²) in [4.78, 5) is 27.9. The first kappa shape index (κ1) is 17.2. The molecule has 1 saturated heterocycles. The number of nitrogens with zero attached hydrogens (tertiary/aromatic N) is 1. The molecule has 0 saturated carbocycles. The predicted octanol–water partition coefficient (Wildman–Crippen LogP) is 4.17. The van der Waals surface area contributed by atoms with Gasteiger partial charge >= 0.3 is 0 Å². The molecule has 0 unspecified atom stereocenters. The third-order valence-electron chi connectivity index (χ3n) is 5.18. The zero-order valence-corrected chi connectivity index (χ0v) is 15.0. The third-order valence-corrected chi connectivity index (χ3v) is 5.18. The van der Waals surface area contributed by atoms with Crippen LogP contribution in [0.1, 0.15) is 28.5 Å². The second-order valence-electron chi connectivity index (χ2n) is 6.84. The number of hydrogen-bond acceptors (Lipinski definition) is 2. The van der Waals surface area contributed by atoms with Crippen LogP contribution in [-0.2, 0) is 16.0 Å². The quantitative estimate of drug-likeness (QED) is 0.644. The number of hydrogen-bond donors (Lipinski definition) is 0. The van der Waals surface area contributed by atoms with Gasteiger partial charge in [0.2, 0.25) is 11.8 Å². The highest BCUT2D eigenvalue weighted by Crippen LogP contribution is 2.41. The molecule has 3 heteroatoms. The topological polar surface area (TPSA) is 37.4 Å². The standard InChI is InChI=1S/C24H21NO2/c26-23-21(19-12-6-2-7-13-19)22(20-14-8-3-9-15-20)24(27)25(23)17-16-18-10-4-1-5-11-18/h1-15,21-22H,16-17H2/t21-,22-/m1/s1. The highest BCUT2D eigenvalue weighted by Gasteiger charge is 2.48. The molecule has 3 nitrogen and oxygen atoms in total. The van der Waals surface area contributed by atoms with Gasteiger partial charge in [0.15, 0.2) is 0 Å². The summed E-state index contributed by atoms with van der Waals surface area (Å²) in [6.07, 6.45) is 0.668. The van der Waals surface area contributed by atoms with E-state index < -0.39 is 11.8 Å². The van der Waals surface area contributed by atoms with Gasteiger partial charge in [0.1, 0.15) is 0 Å². The number of rotatable bonds is 5. The van der Waals surface area contributed by atoms with Crippen LogP contribution in [0.5, 0.6) is 0 Å². The van der Waals surface area contributed by atoms with Crippen molar-refractivity contribution in [3.8, 4) is 0 Å². The number of likely N-dealkylation sites (tertiary alicyclic amines) is 1. The van der Waals surface area contributed by atoms with Crippen molar-refractivity contribution in [3.63, 3.8) is 0 Å². The fourth-order valence-electron chi connectivity index (χ4n) is 3.83. The summed E-state index contributed by atoms with van der Waals surface area (Å²) in [6.45, 7) is 0.411. The van der Waals surface area contributed by atoms with Crippen LogP contribution in [0.3, 0.4) is 0 Å². The summed E-state index contributed by atoms with van der Waals surface area (Å²) in [7, 11) is 0. The minimum absolute atomic E-state index is 0.101. The first-order chi connectivity index (χ1) is 13.3. The molecule has 0 aromatic heterocycles. The van der Waals surface area contributed by atoms with Gasteiger partial charge in [0, 0.05) is 6.54 Å². The molecular weight excluding hydrogens is 334 g/mol. The van der Waals surface area contributed by atoms with Crippen molar-refractivity contribution in [2.45, 2.75) is 18.3 Å². The molecule has 0 aliphatic carbocycles. The Morgan fingerprint density at radius 3 is 1.44 bits per heavy atom. The third kappa shape index (κ3) is 3.41. The van der Waals surface area contributed by atoms with E-state index >= 15 is 0 Å². The van der Waals surface area contributed by atoms with Gasteiger partial charge in [-0.1, -0.05) is 91.0 Å². The molecule has 2 amide bonds. The van der Waals surface area contributed by atoms with Crippen molar-refractivity contribution in [1.29, 1.82) is 0 Å². The summed E-state index contributed by atoms with van der Waals surface area (Å²) in [5, 5.41) is 0. The Balaban J connectivity index is 1.66. The van der Waals surface area contributed by atoms with Crippen LogP contribution in [0.15, 0.2) is 91.0 Å². The van der Waals surface area contributed by atoms with Crippen molar-refractivity contribution >= 4 is 11.8 Å². The molecule has 27 heavy (non-hydrogen) atoms. The summed E-state index contributed by atoms with van der Waals surface area (Å²) in [6, 6.07) is 29.2. The maximum absolute atomic E-state index is 13.2. The average Bonchev–Trinajstić information content (AvgIpc) is 2.98. The Bertz CT molecular complexity index is 865. The van der Waals surface area contributed by atoms with E-state index in [1.807, 2.05) is 91.0 Å². The zero-order chi connectivity index (χ0) is 18.6. The first-order valence-corrected chi connectivity index (χ1v) is 9.25. The number of carbonyl (C=O) groups excluding carboxylic acids is 2. The smallest absolute Gasteiger partial charge is 0.237 e. The van der Waals surface area contributed by atoms with Gasteiger partial charge in [-0.3, -0.25) is 14.5 Å². The number of imide groups is 1. The molecule has 0 spiro atoms. The fraction of sp³-hybridized carbons (Fsp3) is 0.167. The summed E-state index contributed by atoms with van der Waals surface area (Å²) >= 11 is 0. The summed E-state index contributed by atoms with van der Waals surface area (Å²) in [5.41, 5.74) is 2.91. The van der Waals surface area contributed by atoms with Crippen LogP contribution in [-0.4, -0.2) is 23.3 Å². The lowest BCUT2D eigenvalue weighted by atomic mass is 9.83. The zero-order valence-electron chi connectivity index (χ0n) is 15.0. The van der Waals surface area contributed by atoms with E-state index in [0.29, 0.717) is 13.0 Å². The highest BCUT2D eigenvalue weighted by atomic mass is 16.2. The normalized spacial score (nSPS) is 19.5. The van der Waals surface area contributed by atoms with Crippen LogP contribution < -0.4 is 0 Å². The molecule has 3 aromatic carbocycles. The minimum Gasteiger partial charge on any atom is -0.281 e. The maximum Gasteiger partial charge on any atom is 0.237 e. The Morgan fingerprint density at radius 1 is 0.593 bits per heavy atom. The van der Waals surface area contributed by atoms with Gasteiger partial charge in [0.05, 0.1) is 11.8 Å². The van der Waals surface area contributed by atoms with Crippen LogP contribution >= 0.6 is 0 Å². The second-order valence-corrected chi connectivity index (χ2v) is 6.84. The van der Waals surface area contributed by atoms with Crippen LogP contribution in [0, 0.1) is 0 Å². The number of carbonyl (C=O) groups is 2. The number of benzene rings is 3. The monoisotopic (exact) mass is 355 g/mol. The van der Waals surface area contributed by atoms with E-state index in [-0.39, 0.29) is 11.8 Å². The molecule has 1 aliphatic rings.